The molecular formula is C34H35Cl2N3O5S. The number of carbonyl (C=O) groups is 2. The summed E-state index contributed by atoms with van der Waals surface area (Å²) in [5, 5.41) is 3.59. The van der Waals surface area contributed by atoms with Crippen LogP contribution in [0, 0.1) is 0 Å². The topological polar surface area (TPSA) is 96.0 Å². The minimum absolute atomic E-state index is 0.0253. The van der Waals surface area contributed by atoms with Crippen molar-refractivity contribution in [1.82, 2.24) is 10.2 Å². The molecule has 1 atom stereocenters. The number of sulfonamides is 1. The van der Waals surface area contributed by atoms with Gasteiger partial charge in [-0.2, -0.15) is 0 Å². The molecule has 0 fully saturated rings. The highest BCUT2D eigenvalue weighted by Crippen LogP contribution is 2.28. The zero-order valence-corrected chi connectivity index (χ0v) is 27.4. The van der Waals surface area contributed by atoms with Crippen molar-refractivity contribution in [2.45, 2.75) is 37.2 Å². The molecule has 1 unspecified atom stereocenters. The van der Waals surface area contributed by atoms with Crippen molar-refractivity contribution in [2.75, 3.05) is 24.5 Å². The van der Waals surface area contributed by atoms with E-state index in [9.17, 15) is 18.0 Å². The number of halogens is 2. The van der Waals surface area contributed by atoms with Crippen LogP contribution in [0.25, 0.3) is 0 Å². The van der Waals surface area contributed by atoms with Crippen LogP contribution in [0.4, 0.5) is 5.69 Å². The van der Waals surface area contributed by atoms with Gasteiger partial charge in [0.25, 0.3) is 10.0 Å². The lowest BCUT2D eigenvalue weighted by Gasteiger charge is -2.34. The minimum Gasteiger partial charge on any atom is -0.497 e. The maximum Gasteiger partial charge on any atom is 0.264 e. The van der Waals surface area contributed by atoms with E-state index in [0.29, 0.717) is 34.3 Å². The first kappa shape index (κ1) is 33.8. The molecule has 0 aliphatic rings. The molecule has 0 aliphatic heterocycles. The van der Waals surface area contributed by atoms with Crippen LogP contribution in [0.2, 0.25) is 10.0 Å². The Hall–Kier alpha value is -4.05. The second-order valence-corrected chi connectivity index (χ2v) is 13.1. The van der Waals surface area contributed by atoms with Gasteiger partial charge in [0, 0.05) is 29.6 Å². The summed E-state index contributed by atoms with van der Waals surface area (Å²) in [6.07, 6.45) is 0.919. The van der Waals surface area contributed by atoms with Crippen molar-refractivity contribution in [3.63, 3.8) is 0 Å². The van der Waals surface area contributed by atoms with Crippen LogP contribution in [-0.2, 0) is 32.6 Å². The highest BCUT2D eigenvalue weighted by atomic mass is 35.5. The number of carbonyl (C=O) groups excluding carboxylic acids is 2. The molecule has 0 radical (unpaired) electrons. The molecule has 45 heavy (non-hydrogen) atoms. The van der Waals surface area contributed by atoms with Crippen LogP contribution < -0.4 is 14.4 Å². The molecule has 0 bridgehead atoms. The average Bonchev–Trinajstić information content (AvgIpc) is 3.04. The Labute approximate surface area is 274 Å². The second kappa shape index (κ2) is 15.8. The lowest BCUT2D eigenvalue weighted by atomic mass is 10.0. The predicted octanol–water partition coefficient (Wildman–Crippen LogP) is 6.36. The smallest absolute Gasteiger partial charge is 0.264 e. The van der Waals surface area contributed by atoms with E-state index in [0.717, 1.165) is 9.87 Å². The molecule has 0 heterocycles. The van der Waals surface area contributed by atoms with Gasteiger partial charge in [0.1, 0.15) is 18.3 Å². The number of hydrogen-bond donors (Lipinski definition) is 1. The van der Waals surface area contributed by atoms with Gasteiger partial charge in [-0.15, -0.1) is 0 Å². The Kier molecular flexibility index (Phi) is 11.9. The fourth-order valence-corrected chi connectivity index (χ4v) is 6.50. The largest absolute Gasteiger partial charge is 0.497 e. The summed E-state index contributed by atoms with van der Waals surface area (Å²) in [6, 6.07) is 27.6. The zero-order valence-electron chi connectivity index (χ0n) is 25.0. The second-order valence-electron chi connectivity index (χ2n) is 10.3. The van der Waals surface area contributed by atoms with Crippen LogP contribution in [0.5, 0.6) is 5.75 Å². The fourth-order valence-electron chi connectivity index (χ4n) is 4.78. The Morgan fingerprint density at radius 3 is 2.20 bits per heavy atom. The van der Waals surface area contributed by atoms with Crippen molar-refractivity contribution in [1.29, 1.82) is 0 Å². The lowest BCUT2D eigenvalue weighted by molar-refractivity contribution is -0.140. The van der Waals surface area contributed by atoms with Gasteiger partial charge in [-0.1, -0.05) is 78.7 Å². The van der Waals surface area contributed by atoms with Gasteiger partial charge in [-0.05, 0) is 72.1 Å². The molecule has 2 amide bonds. The Morgan fingerprint density at radius 2 is 1.53 bits per heavy atom. The molecule has 4 aromatic carbocycles. The number of benzene rings is 4. The third-order valence-electron chi connectivity index (χ3n) is 7.08. The third kappa shape index (κ3) is 9.00. The Bertz CT molecular complexity index is 1700. The molecule has 11 heteroatoms. The van der Waals surface area contributed by atoms with E-state index in [-0.39, 0.29) is 29.5 Å². The van der Waals surface area contributed by atoms with Crippen LogP contribution >= 0.6 is 23.2 Å². The van der Waals surface area contributed by atoms with Gasteiger partial charge in [0.15, 0.2) is 0 Å². The van der Waals surface area contributed by atoms with Crippen molar-refractivity contribution in [3.05, 3.63) is 124 Å². The normalized spacial score (nSPS) is 11.8. The number of hydrogen-bond acceptors (Lipinski definition) is 5. The summed E-state index contributed by atoms with van der Waals surface area (Å²) >= 11 is 12.3. The van der Waals surface area contributed by atoms with Crippen LogP contribution in [0.15, 0.2) is 108 Å². The first-order valence-corrected chi connectivity index (χ1v) is 16.6. The number of methoxy groups -OCH3 is 1. The average molecular weight is 669 g/mol. The first-order chi connectivity index (χ1) is 21.6. The van der Waals surface area contributed by atoms with Gasteiger partial charge in [0.2, 0.25) is 11.8 Å². The quantitative estimate of drug-likeness (QED) is 0.169. The maximum absolute atomic E-state index is 14.5. The lowest BCUT2D eigenvalue weighted by Crippen LogP contribution is -2.53. The fraction of sp³-hybridized carbons (Fsp3) is 0.235. The summed E-state index contributed by atoms with van der Waals surface area (Å²) in [4.78, 5) is 29.6. The van der Waals surface area contributed by atoms with Gasteiger partial charge in [-0.3, -0.25) is 13.9 Å². The number of nitrogens with one attached hydrogen (secondary N) is 1. The molecule has 0 saturated heterocycles. The standard InChI is InChI=1S/C34H35Cl2N3O5S/c1-3-19-37-34(41)32(21-25-9-5-4-6-10-25)38(23-26-11-7-14-30(20-26)44-2)33(40)24-39(29-13-8-12-28(36)22-29)45(42,43)31-17-15-27(35)16-18-31/h4-18,20,22,32H,3,19,21,23-24H2,1-2H3,(H,37,41). The molecule has 0 saturated carbocycles. The molecule has 4 aromatic rings. The highest BCUT2D eigenvalue weighted by molar-refractivity contribution is 7.92. The Morgan fingerprint density at radius 1 is 0.844 bits per heavy atom. The van der Waals surface area contributed by atoms with Gasteiger partial charge < -0.3 is 15.0 Å². The van der Waals surface area contributed by atoms with Gasteiger partial charge in [-0.25, -0.2) is 8.42 Å². The monoisotopic (exact) mass is 667 g/mol. The molecule has 4 rings (SSSR count). The third-order valence-corrected chi connectivity index (χ3v) is 9.36. The first-order valence-electron chi connectivity index (χ1n) is 14.4. The summed E-state index contributed by atoms with van der Waals surface area (Å²) in [5.74, 6) is -0.337. The molecule has 236 valence electrons. The van der Waals surface area contributed by atoms with Crippen LogP contribution in [-0.4, -0.2) is 51.4 Å². The van der Waals surface area contributed by atoms with Crippen molar-refractivity contribution >= 4 is 50.7 Å². The summed E-state index contributed by atoms with van der Waals surface area (Å²) in [5.41, 5.74) is 1.75. The summed E-state index contributed by atoms with van der Waals surface area (Å²) < 4.78 is 34.5. The van der Waals surface area contributed by atoms with E-state index in [4.69, 9.17) is 27.9 Å². The van der Waals surface area contributed by atoms with E-state index in [1.807, 2.05) is 43.3 Å². The van der Waals surface area contributed by atoms with Crippen molar-refractivity contribution < 1.29 is 22.7 Å². The predicted molar refractivity (Wildman–Crippen MR) is 178 cm³/mol. The maximum atomic E-state index is 14.5. The summed E-state index contributed by atoms with van der Waals surface area (Å²) in [6.45, 7) is 1.79. The van der Waals surface area contributed by atoms with E-state index in [1.54, 1.807) is 43.5 Å². The zero-order chi connectivity index (χ0) is 32.4. The molecular weight excluding hydrogens is 633 g/mol. The molecule has 0 spiro atoms. The van der Waals surface area contributed by atoms with Gasteiger partial charge >= 0.3 is 0 Å². The van der Waals surface area contributed by atoms with Crippen molar-refractivity contribution in [2.24, 2.45) is 0 Å². The molecule has 0 aromatic heterocycles. The summed E-state index contributed by atoms with van der Waals surface area (Å²) in [7, 11) is -2.73. The molecule has 8 nitrogen and oxygen atoms in total. The van der Waals surface area contributed by atoms with Crippen LogP contribution in [0.1, 0.15) is 24.5 Å². The number of rotatable bonds is 14. The van der Waals surface area contributed by atoms with E-state index in [2.05, 4.69) is 5.32 Å². The van der Waals surface area contributed by atoms with E-state index >= 15 is 0 Å². The molecule has 1 N–H and O–H groups in total. The SMILES string of the molecule is CCCNC(=O)C(Cc1ccccc1)N(Cc1cccc(OC)c1)C(=O)CN(c1cccc(Cl)c1)S(=O)(=O)c1ccc(Cl)cc1. The number of anilines is 1. The van der Waals surface area contributed by atoms with E-state index < -0.39 is 28.5 Å². The Balaban J connectivity index is 1.80. The van der Waals surface area contributed by atoms with E-state index in [1.165, 1.54) is 35.2 Å². The van der Waals surface area contributed by atoms with Gasteiger partial charge in [0.05, 0.1) is 17.7 Å². The number of amides is 2. The minimum atomic E-state index is -4.27. The van der Waals surface area contributed by atoms with Crippen molar-refractivity contribution in [3.8, 4) is 5.75 Å². The number of ether oxygens (including phenoxy) is 1. The van der Waals surface area contributed by atoms with Crippen LogP contribution in [0.3, 0.4) is 0 Å². The molecule has 0 aliphatic carbocycles. The number of nitrogens with zero attached hydrogens (tertiary/aromatic N) is 2. The highest BCUT2D eigenvalue weighted by Gasteiger charge is 2.34.